The van der Waals surface area contributed by atoms with E-state index in [4.69, 9.17) is 4.74 Å². The molecular formula is C19H25N5O2S. The van der Waals surface area contributed by atoms with Gasteiger partial charge in [-0.25, -0.2) is 4.98 Å². The van der Waals surface area contributed by atoms with Crippen LogP contribution in [0.2, 0.25) is 0 Å². The van der Waals surface area contributed by atoms with Gasteiger partial charge >= 0.3 is 0 Å². The van der Waals surface area contributed by atoms with Gasteiger partial charge in [-0.05, 0) is 37.5 Å². The van der Waals surface area contributed by atoms with Crippen molar-refractivity contribution in [3.05, 3.63) is 45.9 Å². The molecule has 0 aliphatic carbocycles. The number of aromatic nitrogens is 1. The second-order valence-corrected chi connectivity index (χ2v) is 7.65. The lowest BCUT2D eigenvalue weighted by atomic mass is 10.2. The quantitative estimate of drug-likeness (QED) is 0.523. The number of guanidine groups is 1. The van der Waals surface area contributed by atoms with Crippen LogP contribution in [0.25, 0.3) is 0 Å². The number of carbonyl (C=O) groups is 1. The summed E-state index contributed by atoms with van der Waals surface area (Å²) in [5.74, 6) is 0.630. The van der Waals surface area contributed by atoms with Crippen molar-refractivity contribution in [1.82, 2.24) is 15.6 Å². The molecule has 3 rings (SSSR count). The fraction of sp³-hybridized carbons (Fsp3) is 0.421. The van der Waals surface area contributed by atoms with E-state index < -0.39 is 0 Å². The summed E-state index contributed by atoms with van der Waals surface area (Å²) in [7, 11) is 1.74. The van der Waals surface area contributed by atoms with Crippen molar-refractivity contribution in [1.29, 1.82) is 0 Å². The Bertz CT molecular complexity index is 799. The third-order valence-corrected chi connectivity index (χ3v) is 5.09. The van der Waals surface area contributed by atoms with Crippen LogP contribution in [0.5, 0.6) is 0 Å². The first-order chi connectivity index (χ1) is 13.1. The number of nitrogens with one attached hydrogen (secondary N) is 3. The van der Waals surface area contributed by atoms with Crippen LogP contribution in [0.15, 0.2) is 35.5 Å². The summed E-state index contributed by atoms with van der Waals surface area (Å²) in [5, 5.41) is 10.5. The maximum atomic E-state index is 12.2. The van der Waals surface area contributed by atoms with Crippen molar-refractivity contribution in [2.45, 2.75) is 39.0 Å². The molecule has 0 saturated carbocycles. The first-order valence-corrected chi connectivity index (χ1v) is 9.83. The molecule has 1 aromatic carbocycles. The molecule has 27 heavy (non-hydrogen) atoms. The van der Waals surface area contributed by atoms with Crippen molar-refractivity contribution in [3.8, 4) is 0 Å². The van der Waals surface area contributed by atoms with Crippen molar-refractivity contribution in [2.24, 2.45) is 4.99 Å². The minimum Gasteiger partial charge on any atom is -0.368 e. The minimum atomic E-state index is -0.329. The minimum absolute atomic E-state index is 0.0752. The number of hydrogen-bond acceptors (Lipinski definition) is 5. The van der Waals surface area contributed by atoms with Crippen molar-refractivity contribution >= 4 is 28.9 Å². The molecule has 1 unspecified atom stereocenters. The molecule has 1 aliphatic rings. The van der Waals surface area contributed by atoms with E-state index in [1.165, 1.54) is 4.88 Å². The Hall–Kier alpha value is -2.45. The van der Waals surface area contributed by atoms with Gasteiger partial charge in [-0.1, -0.05) is 12.1 Å². The molecule has 2 aromatic rings. The van der Waals surface area contributed by atoms with E-state index in [0.29, 0.717) is 25.7 Å². The van der Waals surface area contributed by atoms with Gasteiger partial charge in [0.05, 0.1) is 6.54 Å². The van der Waals surface area contributed by atoms with E-state index in [1.807, 2.05) is 37.4 Å². The molecule has 7 nitrogen and oxygen atoms in total. The van der Waals surface area contributed by atoms with Crippen LogP contribution in [0, 0.1) is 6.92 Å². The molecule has 3 N–H and O–H groups in total. The van der Waals surface area contributed by atoms with E-state index in [9.17, 15) is 4.79 Å². The number of amides is 1. The number of carbonyl (C=O) groups excluding carboxylic acids is 1. The number of nitrogens with zero attached hydrogens (tertiary/aromatic N) is 2. The summed E-state index contributed by atoms with van der Waals surface area (Å²) in [6.07, 6.45) is 3.26. The van der Waals surface area contributed by atoms with Crippen molar-refractivity contribution in [2.75, 3.05) is 19.0 Å². The third-order valence-electron chi connectivity index (χ3n) is 4.18. The van der Waals surface area contributed by atoms with Gasteiger partial charge in [-0.3, -0.25) is 9.79 Å². The van der Waals surface area contributed by atoms with E-state index >= 15 is 0 Å². The zero-order valence-corrected chi connectivity index (χ0v) is 16.4. The molecule has 1 aromatic heterocycles. The van der Waals surface area contributed by atoms with Crippen LogP contribution >= 0.6 is 11.3 Å². The SMILES string of the molecule is CN=C(NCc1cccc(NC(=O)C2CCCO2)c1)NCc1ncc(C)s1. The highest BCUT2D eigenvalue weighted by Gasteiger charge is 2.23. The summed E-state index contributed by atoms with van der Waals surface area (Å²) in [6, 6.07) is 7.77. The highest BCUT2D eigenvalue weighted by Crippen LogP contribution is 2.16. The smallest absolute Gasteiger partial charge is 0.253 e. The van der Waals surface area contributed by atoms with E-state index in [1.54, 1.807) is 18.4 Å². The molecule has 0 spiro atoms. The molecule has 144 valence electrons. The van der Waals surface area contributed by atoms with Crippen molar-refractivity contribution < 1.29 is 9.53 Å². The van der Waals surface area contributed by atoms with Crippen LogP contribution in [0.1, 0.15) is 28.3 Å². The molecule has 8 heteroatoms. The Labute approximate surface area is 163 Å². The molecule has 1 amide bonds. The molecule has 1 aliphatic heterocycles. The average Bonchev–Trinajstić information content (AvgIpc) is 3.34. The number of thiazole rings is 1. The van der Waals surface area contributed by atoms with Gasteiger partial charge in [0.25, 0.3) is 5.91 Å². The summed E-state index contributed by atoms with van der Waals surface area (Å²) < 4.78 is 5.42. The molecule has 1 atom stereocenters. The Morgan fingerprint density at radius 3 is 2.93 bits per heavy atom. The van der Waals surface area contributed by atoms with Crippen molar-refractivity contribution in [3.63, 3.8) is 0 Å². The standard InChI is InChI=1S/C19H25N5O2S/c1-13-10-21-17(27-13)12-23-19(20-2)22-11-14-5-3-6-15(9-14)24-18(25)16-7-4-8-26-16/h3,5-6,9-10,16H,4,7-8,11-12H2,1-2H3,(H,24,25)(H2,20,22,23). The molecule has 0 bridgehead atoms. The van der Waals surface area contributed by atoms with Crippen LogP contribution in [-0.4, -0.2) is 36.6 Å². The summed E-state index contributed by atoms with van der Waals surface area (Å²) >= 11 is 1.67. The van der Waals surface area contributed by atoms with Crippen LogP contribution < -0.4 is 16.0 Å². The lowest BCUT2D eigenvalue weighted by Gasteiger charge is -2.13. The summed E-state index contributed by atoms with van der Waals surface area (Å²) in [5.41, 5.74) is 1.82. The Morgan fingerprint density at radius 1 is 1.37 bits per heavy atom. The maximum Gasteiger partial charge on any atom is 0.253 e. The first kappa shape index (κ1) is 19.3. The van der Waals surface area contributed by atoms with Gasteiger partial charge in [-0.15, -0.1) is 11.3 Å². The number of rotatable bonds is 6. The number of ether oxygens (including phenoxy) is 1. The highest BCUT2D eigenvalue weighted by atomic mass is 32.1. The number of aliphatic imine (C=N–C) groups is 1. The van der Waals surface area contributed by atoms with Gasteiger partial charge < -0.3 is 20.7 Å². The monoisotopic (exact) mass is 387 g/mol. The van der Waals surface area contributed by atoms with E-state index in [-0.39, 0.29) is 12.0 Å². The maximum absolute atomic E-state index is 12.2. The molecule has 1 fully saturated rings. The second kappa shape index (κ2) is 9.48. The lowest BCUT2D eigenvalue weighted by molar-refractivity contribution is -0.124. The molecule has 1 saturated heterocycles. The van der Waals surface area contributed by atoms with Gasteiger partial charge in [-0.2, -0.15) is 0 Å². The van der Waals surface area contributed by atoms with Gasteiger partial charge in [0.1, 0.15) is 11.1 Å². The van der Waals surface area contributed by atoms with Gasteiger partial charge in [0.2, 0.25) is 0 Å². The van der Waals surface area contributed by atoms with Crippen LogP contribution in [0.3, 0.4) is 0 Å². The summed E-state index contributed by atoms with van der Waals surface area (Å²) in [6.45, 7) is 3.93. The first-order valence-electron chi connectivity index (χ1n) is 9.01. The zero-order valence-electron chi connectivity index (χ0n) is 15.6. The Kier molecular flexibility index (Phi) is 6.78. The predicted octanol–water partition coefficient (Wildman–Crippen LogP) is 2.43. The predicted molar refractivity (Wildman–Crippen MR) is 108 cm³/mol. The Morgan fingerprint density at radius 2 is 2.22 bits per heavy atom. The lowest BCUT2D eigenvalue weighted by Crippen LogP contribution is -2.36. The normalized spacial score (nSPS) is 17.0. The molecular weight excluding hydrogens is 362 g/mol. The topological polar surface area (TPSA) is 87.6 Å². The fourth-order valence-corrected chi connectivity index (χ4v) is 3.54. The average molecular weight is 388 g/mol. The molecule has 2 heterocycles. The number of aryl methyl sites for hydroxylation is 1. The van der Waals surface area contributed by atoms with Crippen LogP contribution in [-0.2, 0) is 22.6 Å². The van der Waals surface area contributed by atoms with Crippen LogP contribution in [0.4, 0.5) is 5.69 Å². The summed E-state index contributed by atoms with van der Waals surface area (Å²) in [4.78, 5) is 21.9. The van der Waals surface area contributed by atoms with E-state index in [0.717, 1.165) is 29.1 Å². The zero-order chi connectivity index (χ0) is 19.1. The molecule has 0 radical (unpaired) electrons. The second-order valence-electron chi connectivity index (χ2n) is 6.34. The number of benzene rings is 1. The largest absolute Gasteiger partial charge is 0.368 e. The Balaban J connectivity index is 1.50. The van der Waals surface area contributed by atoms with E-state index in [2.05, 4.69) is 25.9 Å². The third kappa shape index (κ3) is 5.77. The number of hydrogen-bond donors (Lipinski definition) is 3. The highest BCUT2D eigenvalue weighted by molar-refractivity contribution is 7.11. The van der Waals surface area contributed by atoms with Gasteiger partial charge in [0, 0.05) is 37.0 Å². The fourth-order valence-electron chi connectivity index (χ4n) is 2.82. The van der Waals surface area contributed by atoms with Gasteiger partial charge in [0.15, 0.2) is 5.96 Å². The number of anilines is 1.